The zero-order valence-corrected chi connectivity index (χ0v) is 15.0. The molecule has 0 saturated carbocycles. The quantitative estimate of drug-likeness (QED) is 0.523. The van der Waals surface area contributed by atoms with Gasteiger partial charge in [0.25, 0.3) is 21.9 Å². The first-order valence-electron chi connectivity index (χ1n) is 6.37. The Morgan fingerprint density at radius 1 is 0.923 bits per heavy atom. The third-order valence-corrected chi connectivity index (χ3v) is 4.66. The SMILES string of the molecule is NS(=O)(=O)c1cnn(CC(F)F)c1.O=S(=O)(Cl)c1cnn(CC(F)F)c1. The van der Waals surface area contributed by atoms with Crippen molar-refractivity contribution in [3.05, 3.63) is 24.8 Å². The van der Waals surface area contributed by atoms with Gasteiger partial charge in [-0.25, -0.2) is 39.5 Å². The summed E-state index contributed by atoms with van der Waals surface area (Å²) in [7, 11) is -2.78. The minimum Gasteiger partial charge on any atom is -0.266 e. The number of nitrogens with zero attached hydrogens (tertiary/aromatic N) is 4. The van der Waals surface area contributed by atoms with Gasteiger partial charge in [-0.15, -0.1) is 0 Å². The molecule has 0 atom stereocenters. The molecule has 0 aliphatic rings. The van der Waals surface area contributed by atoms with E-state index >= 15 is 0 Å². The molecule has 0 aliphatic heterocycles. The van der Waals surface area contributed by atoms with Gasteiger partial charge < -0.3 is 0 Å². The largest absolute Gasteiger partial charge is 0.266 e. The van der Waals surface area contributed by atoms with Crippen LogP contribution in [0.25, 0.3) is 0 Å². The highest BCUT2D eigenvalue weighted by Crippen LogP contribution is 2.13. The number of primary sulfonamides is 1. The van der Waals surface area contributed by atoms with Crippen LogP contribution in [-0.4, -0.2) is 49.2 Å². The Bertz CT molecular complexity index is 853. The van der Waals surface area contributed by atoms with Gasteiger partial charge in [0.15, 0.2) is 0 Å². The molecule has 2 aromatic heterocycles. The molecule has 0 unspecified atom stereocenters. The monoisotopic (exact) mass is 441 g/mol. The van der Waals surface area contributed by atoms with Crippen molar-refractivity contribution in [1.29, 1.82) is 0 Å². The molecule has 2 rings (SSSR count). The molecular formula is C10H12ClF4N5O4S2. The van der Waals surface area contributed by atoms with Gasteiger partial charge in [0.05, 0.1) is 12.4 Å². The Kier molecular flexibility index (Phi) is 7.55. The van der Waals surface area contributed by atoms with E-state index in [0.29, 0.717) is 0 Å². The summed E-state index contributed by atoms with van der Waals surface area (Å²) in [5.41, 5.74) is 0. The molecule has 0 saturated heterocycles. The van der Waals surface area contributed by atoms with E-state index in [9.17, 15) is 34.4 Å². The molecule has 0 spiro atoms. The van der Waals surface area contributed by atoms with E-state index in [2.05, 4.69) is 10.2 Å². The van der Waals surface area contributed by atoms with Gasteiger partial charge in [0.2, 0.25) is 10.0 Å². The molecular weight excluding hydrogens is 430 g/mol. The molecule has 26 heavy (non-hydrogen) atoms. The van der Waals surface area contributed by atoms with E-state index in [1.807, 2.05) is 0 Å². The minimum atomic E-state index is -3.87. The summed E-state index contributed by atoms with van der Waals surface area (Å²) in [6.07, 6.45) is -1.39. The molecule has 9 nitrogen and oxygen atoms in total. The fraction of sp³-hybridized carbons (Fsp3) is 0.400. The van der Waals surface area contributed by atoms with E-state index in [0.717, 1.165) is 34.2 Å². The van der Waals surface area contributed by atoms with Crippen LogP contribution in [0.1, 0.15) is 0 Å². The fourth-order valence-electron chi connectivity index (χ4n) is 1.44. The number of hydrogen-bond donors (Lipinski definition) is 1. The number of aromatic nitrogens is 4. The normalized spacial score (nSPS) is 12.3. The average molecular weight is 442 g/mol. The predicted octanol–water partition coefficient (Wildman–Crippen LogP) is 0.871. The first kappa shape index (κ1) is 22.3. The van der Waals surface area contributed by atoms with E-state index in [1.165, 1.54) is 0 Å². The van der Waals surface area contributed by atoms with Crippen molar-refractivity contribution in [1.82, 2.24) is 19.6 Å². The van der Waals surface area contributed by atoms with Crippen LogP contribution in [0.3, 0.4) is 0 Å². The van der Waals surface area contributed by atoms with Crippen molar-refractivity contribution in [3.63, 3.8) is 0 Å². The molecule has 0 amide bonds. The van der Waals surface area contributed by atoms with Crippen LogP contribution in [-0.2, 0) is 32.2 Å². The first-order chi connectivity index (χ1) is 11.8. The second-order valence-corrected chi connectivity index (χ2v) is 8.69. The van der Waals surface area contributed by atoms with Crippen LogP contribution in [0.2, 0.25) is 0 Å². The van der Waals surface area contributed by atoms with Crippen LogP contribution in [0.4, 0.5) is 17.6 Å². The van der Waals surface area contributed by atoms with Crippen molar-refractivity contribution in [2.75, 3.05) is 0 Å². The lowest BCUT2D eigenvalue weighted by Gasteiger charge is -1.97. The van der Waals surface area contributed by atoms with Crippen molar-refractivity contribution in [2.24, 2.45) is 5.14 Å². The maximum Gasteiger partial charge on any atom is 0.264 e. The van der Waals surface area contributed by atoms with Crippen LogP contribution in [0, 0.1) is 0 Å². The number of alkyl halides is 4. The Morgan fingerprint density at radius 3 is 1.58 bits per heavy atom. The summed E-state index contributed by atoms with van der Waals surface area (Å²) in [4.78, 5) is -0.553. The van der Waals surface area contributed by atoms with Crippen molar-refractivity contribution in [2.45, 2.75) is 35.7 Å². The molecule has 148 valence electrons. The second-order valence-electron chi connectivity index (χ2n) is 4.56. The van der Waals surface area contributed by atoms with Gasteiger partial charge in [0, 0.05) is 23.1 Å². The third-order valence-electron chi connectivity index (χ3n) is 2.48. The zero-order chi connectivity index (χ0) is 20.1. The first-order valence-corrected chi connectivity index (χ1v) is 10.2. The second kappa shape index (κ2) is 8.79. The van der Waals surface area contributed by atoms with Crippen LogP contribution in [0.5, 0.6) is 0 Å². The lowest BCUT2D eigenvalue weighted by Crippen LogP contribution is -2.11. The molecule has 2 N–H and O–H groups in total. The highest BCUT2D eigenvalue weighted by molar-refractivity contribution is 8.13. The predicted molar refractivity (Wildman–Crippen MR) is 80.9 cm³/mol. The summed E-state index contributed by atoms with van der Waals surface area (Å²) >= 11 is 0. The van der Waals surface area contributed by atoms with Gasteiger partial charge in [0.1, 0.15) is 22.9 Å². The number of nitrogens with two attached hydrogens (primary N) is 1. The van der Waals surface area contributed by atoms with Crippen LogP contribution >= 0.6 is 10.7 Å². The third kappa shape index (κ3) is 7.67. The van der Waals surface area contributed by atoms with Gasteiger partial charge in [-0.05, 0) is 0 Å². The Labute approximate surface area is 149 Å². The standard InChI is InChI=1S/C5H5ClF2N2O2S.C5H7F2N3O2S/c6-13(11,12)4-1-9-10(2-4)3-5(7)8;6-5(7)3-10-2-4(1-9-10)13(8,11)12/h1-2,5H,3H2;1-2,5H,3H2,(H2,8,11,12). The molecule has 2 aromatic rings. The number of hydrogen-bond acceptors (Lipinski definition) is 6. The molecule has 0 fully saturated rings. The smallest absolute Gasteiger partial charge is 0.264 e. The molecule has 0 aromatic carbocycles. The van der Waals surface area contributed by atoms with E-state index < -0.39 is 45.0 Å². The molecule has 0 bridgehead atoms. The maximum absolute atomic E-state index is 11.8. The topological polar surface area (TPSA) is 130 Å². The molecule has 2 heterocycles. The Hall–Kier alpha value is -1.71. The van der Waals surface area contributed by atoms with Crippen molar-refractivity contribution >= 4 is 29.8 Å². The highest BCUT2D eigenvalue weighted by Gasteiger charge is 2.14. The lowest BCUT2D eigenvalue weighted by molar-refractivity contribution is 0.121. The molecule has 0 aliphatic carbocycles. The van der Waals surface area contributed by atoms with Crippen molar-refractivity contribution < 1.29 is 34.4 Å². The number of rotatable bonds is 6. The van der Waals surface area contributed by atoms with Crippen molar-refractivity contribution in [3.8, 4) is 0 Å². The molecule has 16 heteroatoms. The molecule has 0 radical (unpaired) electrons. The van der Waals surface area contributed by atoms with Gasteiger partial charge in [-0.3, -0.25) is 9.36 Å². The van der Waals surface area contributed by atoms with Crippen LogP contribution in [0.15, 0.2) is 34.6 Å². The fourth-order valence-corrected chi connectivity index (χ4v) is 2.57. The highest BCUT2D eigenvalue weighted by atomic mass is 35.7. The summed E-state index contributed by atoms with van der Waals surface area (Å²) < 4.78 is 91.4. The zero-order valence-electron chi connectivity index (χ0n) is 12.6. The summed E-state index contributed by atoms with van der Waals surface area (Å²) in [6, 6.07) is 0. The summed E-state index contributed by atoms with van der Waals surface area (Å²) in [6.45, 7) is -1.29. The van der Waals surface area contributed by atoms with Gasteiger partial charge in [-0.1, -0.05) is 0 Å². The number of sulfonamides is 1. The van der Waals surface area contributed by atoms with E-state index in [4.69, 9.17) is 15.8 Å². The average Bonchev–Trinajstić information content (AvgIpc) is 3.06. The van der Waals surface area contributed by atoms with Gasteiger partial charge in [-0.2, -0.15) is 10.2 Å². The van der Waals surface area contributed by atoms with E-state index in [-0.39, 0.29) is 9.79 Å². The van der Waals surface area contributed by atoms with Crippen LogP contribution < -0.4 is 5.14 Å². The van der Waals surface area contributed by atoms with E-state index in [1.54, 1.807) is 0 Å². The van der Waals surface area contributed by atoms with Gasteiger partial charge >= 0.3 is 0 Å². The lowest BCUT2D eigenvalue weighted by atomic mass is 10.7. The summed E-state index contributed by atoms with van der Waals surface area (Å²) in [5, 5.41) is 11.5. The maximum atomic E-state index is 11.8. The Balaban J connectivity index is 0.000000260. The summed E-state index contributed by atoms with van der Waals surface area (Å²) in [5.74, 6) is 0. The minimum absolute atomic E-state index is 0.270. The number of halogens is 5. The Morgan fingerprint density at radius 2 is 1.31 bits per heavy atom.